The number of thioether (sulfide) groups is 1. The molecule has 0 bridgehead atoms. The quantitative estimate of drug-likeness (QED) is 0.572. The molecule has 0 aliphatic carbocycles. The van der Waals surface area contributed by atoms with Crippen molar-refractivity contribution >= 4 is 23.4 Å². The summed E-state index contributed by atoms with van der Waals surface area (Å²) in [7, 11) is 0. The number of nitrogens with zero attached hydrogens (tertiary/aromatic N) is 3. The molecule has 8 heteroatoms. The molecule has 1 aliphatic rings. The monoisotopic (exact) mass is 438 g/mol. The maximum atomic E-state index is 12.5. The minimum atomic E-state index is -0.0681. The predicted molar refractivity (Wildman–Crippen MR) is 122 cm³/mol. The van der Waals surface area contributed by atoms with Gasteiger partial charge in [0.25, 0.3) is 0 Å². The number of nitrogens with one attached hydrogen (secondary N) is 1. The number of carbonyl (C=O) groups excluding carboxylic acids is 1. The molecule has 2 aromatic carbocycles. The van der Waals surface area contributed by atoms with Crippen molar-refractivity contribution in [2.45, 2.75) is 38.9 Å². The van der Waals surface area contributed by atoms with E-state index < -0.39 is 0 Å². The average molecular weight is 439 g/mol. The van der Waals surface area contributed by atoms with E-state index in [-0.39, 0.29) is 11.7 Å². The van der Waals surface area contributed by atoms with Gasteiger partial charge in [0, 0.05) is 24.2 Å². The van der Waals surface area contributed by atoms with Gasteiger partial charge in [-0.3, -0.25) is 4.79 Å². The molecular weight excluding hydrogens is 412 g/mol. The molecule has 4 rings (SSSR count). The van der Waals surface area contributed by atoms with Gasteiger partial charge in [0.2, 0.25) is 5.91 Å². The number of carbonyl (C=O) groups is 1. The van der Waals surface area contributed by atoms with Crippen LogP contribution in [0.1, 0.15) is 24.5 Å². The fourth-order valence-corrected chi connectivity index (χ4v) is 4.20. The van der Waals surface area contributed by atoms with Crippen molar-refractivity contribution in [3.8, 4) is 22.9 Å². The fourth-order valence-electron chi connectivity index (χ4n) is 3.40. The van der Waals surface area contributed by atoms with E-state index in [1.54, 1.807) is 0 Å². The lowest BCUT2D eigenvalue weighted by molar-refractivity contribution is -0.113. The maximum absolute atomic E-state index is 12.5. The topological polar surface area (TPSA) is 78.3 Å². The van der Waals surface area contributed by atoms with E-state index in [0.29, 0.717) is 24.9 Å². The third kappa shape index (κ3) is 4.69. The molecule has 1 aliphatic heterocycles. The molecule has 1 N–H and O–H groups in total. The number of benzene rings is 2. The van der Waals surface area contributed by atoms with Crippen LogP contribution in [0, 0.1) is 13.8 Å². The third-order valence-corrected chi connectivity index (χ3v) is 6.22. The van der Waals surface area contributed by atoms with Crippen LogP contribution < -0.4 is 14.8 Å². The van der Waals surface area contributed by atoms with Gasteiger partial charge in [0.05, 0.1) is 19.0 Å². The number of hydrogen-bond acceptors (Lipinski definition) is 6. The van der Waals surface area contributed by atoms with Crippen molar-refractivity contribution in [1.82, 2.24) is 14.8 Å². The lowest BCUT2D eigenvalue weighted by atomic mass is 10.1. The van der Waals surface area contributed by atoms with Gasteiger partial charge < -0.3 is 19.4 Å². The molecular formula is C23H26N4O3S. The first-order valence-electron chi connectivity index (χ1n) is 10.4. The Kier molecular flexibility index (Phi) is 6.46. The molecule has 0 radical (unpaired) electrons. The Morgan fingerprint density at radius 2 is 1.94 bits per heavy atom. The summed E-state index contributed by atoms with van der Waals surface area (Å²) in [5.74, 6) is 2.41. The highest BCUT2D eigenvalue weighted by Gasteiger charge is 2.18. The first-order valence-corrected chi connectivity index (χ1v) is 11.4. The van der Waals surface area contributed by atoms with E-state index in [1.165, 1.54) is 11.8 Å². The lowest BCUT2D eigenvalue weighted by Gasteiger charge is -2.11. The van der Waals surface area contributed by atoms with Crippen molar-refractivity contribution in [2.75, 3.05) is 24.3 Å². The van der Waals surface area contributed by atoms with Crippen LogP contribution in [0.15, 0.2) is 41.6 Å². The van der Waals surface area contributed by atoms with E-state index >= 15 is 0 Å². The minimum Gasteiger partial charge on any atom is -0.490 e. The summed E-state index contributed by atoms with van der Waals surface area (Å²) in [6.45, 7) is 8.06. The first kappa shape index (κ1) is 21.2. The van der Waals surface area contributed by atoms with E-state index in [9.17, 15) is 4.79 Å². The van der Waals surface area contributed by atoms with Crippen molar-refractivity contribution < 1.29 is 14.3 Å². The number of rotatable bonds is 6. The van der Waals surface area contributed by atoms with Crippen LogP contribution in [-0.4, -0.2) is 39.6 Å². The van der Waals surface area contributed by atoms with E-state index in [2.05, 4.69) is 15.5 Å². The second kappa shape index (κ2) is 9.43. The zero-order chi connectivity index (χ0) is 21.8. The van der Waals surface area contributed by atoms with Crippen LogP contribution in [0.3, 0.4) is 0 Å². The summed E-state index contributed by atoms with van der Waals surface area (Å²) < 4.78 is 13.5. The number of aryl methyl sites for hydroxylation is 1. The lowest BCUT2D eigenvalue weighted by Crippen LogP contribution is -2.15. The molecule has 0 fully saturated rings. The number of anilines is 1. The molecule has 162 valence electrons. The molecule has 1 aromatic heterocycles. The number of fused-ring (bicyclic) bond motifs is 1. The molecule has 31 heavy (non-hydrogen) atoms. The van der Waals surface area contributed by atoms with Gasteiger partial charge in [-0.15, -0.1) is 10.2 Å². The van der Waals surface area contributed by atoms with Gasteiger partial charge in [-0.2, -0.15) is 0 Å². The van der Waals surface area contributed by atoms with Crippen molar-refractivity contribution in [3.05, 3.63) is 47.5 Å². The van der Waals surface area contributed by atoms with Crippen molar-refractivity contribution in [2.24, 2.45) is 0 Å². The smallest absolute Gasteiger partial charge is 0.234 e. The largest absolute Gasteiger partial charge is 0.490 e. The minimum absolute atomic E-state index is 0.0681. The van der Waals surface area contributed by atoms with Crippen LogP contribution in [-0.2, 0) is 11.3 Å². The SMILES string of the molecule is CCn1c(SCC(=O)Nc2cccc(C)c2C)nnc1-c1ccc2c(c1)OCCCO2. The zero-order valence-corrected chi connectivity index (χ0v) is 18.8. The van der Waals surface area contributed by atoms with Gasteiger partial charge in [-0.25, -0.2) is 0 Å². The first-order chi connectivity index (χ1) is 15.1. The second-order valence-corrected chi connectivity index (χ2v) is 8.29. The van der Waals surface area contributed by atoms with Gasteiger partial charge in [0.15, 0.2) is 22.5 Å². The van der Waals surface area contributed by atoms with Gasteiger partial charge in [0.1, 0.15) is 0 Å². The highest BCUT2D eigenvalue weighted by Crippen LogP contribution is 2.34. The summed E-state index contributed by atoms with van der Waals surface area (Å²) in [5, 5.41) is 12.4. The van der Waals surface area contributed by atoms with Crippen molar-refractivity contribution in [1.29, 1.82) is 0 Å². The molecule has 7 nitrogen and oxygen atoms in total. The summed E-state index contributed by atoms with van der Waals surface area (Å²) >= 11 is 1.38. The predicted octanol–water partition coefficient (Wildman–Crippen LogP) is 4.47. The van der Waals surface area contributed by atoms with Gasteiger partial charge in [-0.05, 0) is 56.2 Å². The third-order valence-electron chi connectivity index (χ3n) is 5.25. The molecule has 3 aromatic rings. The number of amides is 1. The normalized spacial score (nSPS) is 13.0. The Morgan fingerprint density at radius 3 is 2.74 bits per heavy atom. The van der Waals surface area contributed by atoms with E-state index in [4.69, 9.17) is 9.47 Å². The van der Waals surface area contributed by atoms with Crippen LogP contribution in [0.25, 0.3) is 11.4 Å². The highest BCUT2D eigenvalue weighted by atomic mass is 32.2. The van der Waals surface area contributed by atoms with Gasteiger partial charge in [-0.1, -0.05) is 23.9 Å². The Labute approximate surface area is 186 Å². The molecule has 0 atom stereocenters. The Morgan fingerprint density at radius 1 is 1.13 bits per heavy atom. The number of hydrogen-bond donors (Lipinski definition) is 1. The number of aromatic nitrogens is 3. The van der Waals surface area contributed by atoms with E-state index in [1.807, 2.05) is 61.7 Å². The Hall–Kier alpha value is -3.00. The molecule has 0 spiro atoms. The summed E-state index contributed by atoms with van der Waals surface area (Å²) in [6, 6.07) is 11.7. The molecule has 0 saturated carbocycles. The number of ether oxygens (including phenoxy) is 2. The Balaban J connectivity index is 1.48. The standard InChI is InChI=1S/C23H26N4O3S/c1-4-27-22(17-9-10-19-20(13-17)30-12-6-11-29-19)25-26-23(27)31-14-21(28)24-18-8-5-7-15(2)16(18)3/h5,7-10,13H,4,6,11-12,14H2,1-3H3,(H,24,28). The molecule has 0 unspecified atom stereocenters. The molecule has 2 heterocycles. The van der Waals surface area contributed by atoms with E-state index in [0.717, 1.165) is 46.1 Å². The van der Waals surface area contributed by atoms with Crippen molar-refractivity contribution in [3.63, 3.8) is 0 Å². The second-order valence-electron chi connectivity index (χ2n) is 7.35. The molecule has 1 amide bonds. The van der Waals surface area contributed by atoms with Crippen LogP contribution in [0.4, 0.5) is 5.69 Å². The molecule has 0 saturated heterocycles. The van der Waals surface area contributed by atoms with Crippen LogP contribution in [0.2, 0.25) is 0 Å². The average Bonchev–Trinajstić information content (AvgIpc) is 3.04. The van der Waals surface area contributed by atoms with Gasteiger partial charge >= 0.3 is 0 Å². The van der Waals surface area contributed by atoms with Crippen LogP contribution in [0.5, 0.6) is 11.5 Å². The summed E-state index contributed by atoms with van der Waals surface area (Å²) in [6.07, 6.45) is 0.861. The maximum Gasteiger partial charge on any atom is 0.234 e. The Bertz CT molecular complexity index is 1100. The summed E-state index contributed by atoms with van der Waals surface area (Å²) in [5.41, 5.74) is 3.98. The fraction of sp³-hybridized carbons (Fsp3) is 0.348. The summed E-state index contributed by atoms with van der Waals surface area (Å²) in [4.78, 5) is 12.5. The van der Waals surface area contributed by atoms with Crippen LogP contribution >= 0.6 is 11.8 Å². The zero-order valence-electron chi connectivity index (χ0n) is 18.0. The highest BCUT2D eigenvalue weighted by molar-refractivity contribution is 7.99.